The Morgan fingerprint density at radius 2 is 1.86 bits per heavy atom. The van der Waals surface area contributed by atoms with Gasteiger partial charge >= 0.3 is 0 Å². The van der Waals surface area contributed by atoms with E-state index in [0.29, 0.717) is 29.6 Å². The first kappa shape index (κ1) is 26.4. The lowest BCUT2D eigenvalue weighted by atomic mass is 10.0. The van der Waals surface area contributed by atoms with Crippen LogP contribution in [0.25, 0.3) is 0 Å². The highest BCUT2D eigenvalue weighted by atomic mass is 35.5. The predicted molar refractivity (Wildman–Crippen MR) is 139 cm³/mol. The highest BCUT2D eigenvalue weighted by Crippen LogP contribution is 2.30. The molecule has 3 fully saturated rings. The zero-order valence-electron chi connectivity index (χ0n) is 20.9. The Labute approximate surface area is 214 Å². The van der Waals surface area contributed by atoms with Gasteiger partial charge in [-0.15, -0.1) is 0 Å². The van der Waals surface area contributed by atoms with Gasteiger partial charge < -0.3 is 10.2 Å². The fraction of sp³-hybridized carbons (Fsp3) is 0.692. The number of sulfone groups is 1. The second kappa shape index (κ2) is 11.2. The van der Waals surface area contributed by atoms with Gasteiger partial charge in [0.05, 0.1) is 11.5 Å². The Kier molecular flexibility index (Phi) is 8.44. The quantitative estimate of drug-likeness (QED) is 0.608. The molecule has 1 N–H and O–H groups in total. The molecule has 0 radical (unpaired) electrons. The van der Waals surface area contributed by atoms with Crippen LogP contribution in [-0.4, -0.2) is 67.2 Å². The van der Waals surface area contributed by atoms with Crippen molar-refractivity contribution in [2.24, 2.45) is 11.8 Å². The number of rotatable bonds is 6. The number of anilines is 1. The number of halogens is 1. The van der Waals surface area contributed by atoms with E-state index in [-0.39, 0.29) is 41.7 Å². The number of amides is 2. The molecule has 1 aliphatic carbocycles. The van der Waals surface area contributed by atoms with Crippen molar-refractivity contribution in [3.63, 3.8) is 0 Å². The van der Waals surface area contributed by atoms with Crippen LogP contribution >= 0.6 is 11.6 Å². The number of nitrogens with one attached hydrogen (secondary N) is 1. The summed E-state index contributed by atoms with van der Waals surface area (Å²) in [5, 5.41) is 3.54. The molecule has 2 saturated heterocycles. The van der Waals surface area contributed by atoms with Crippen molar-refractivity contribution in [2.75, 3.05) is 36.5 Å². The third-order valence-electron chi connectivity index (χ3n) is 7.88. The van der Waals surface area contributed by atoms with Crippen LogP contribution in [0.2, 0.25) is 5.02 Å². The Morgan fingerprint density at radius 3 is 2.54 bits per heavy atom. The van der Waals surface area contributed by atoms with Crippen LogP contribution in [0.3, 0.4) is 0 Å². The third-order valence-corrected chi connectivity index (χ3v) is 9.99. The highest BCUT2D eigenvalue weighted by Gasteiger charge is 2.33. The standard InChI is InChI=1S/C26H38ClN3O4S/c1-18-15-29(9-10-30(18)26(32)21-7-3-4-8-21)16-22-13-23(27)14-24(19(22)2)28-25(31)12-20-6-5-11-35(33,34)17-20/h13-14,18,20-21H,3-12,15-17H2,1-2H3,(H,28,31). The normalized spacial score (nSPS) is 25.5. The average Bonchev–Trinajstić information content (AvgIpc) is 3.31. The van der Waals surface area contributed by atoms with E-state index < -0.39 is 9.84 Å². The van der Waals surface area contributed by atoms with Crippen molar-refractivity contribution in [3.8, 4) is 0 Å². The summed E-state index contributed by atoms with van der Waals surface area (Å²) >= 11 is 6.42. The third kappa shape index (κ3) is 6.77. The van der Waals surface area contributed by atoms with Gasteiger partial charge in [0.2, 0.25) is 11.8 Å². The molecule has 1 aromatic rings. The smallest absolute Gasteiger partial charge is 0.226 e. The second-order valence-corrected chi connectivity index (χ2v) is 13.4. The zero-order chi connectivity index (χ0) is 25.2. The largest absolute Gasteiger partial charge is 0.337 e. The van der Waals surface area contributed by atoms with Gasteiger partial charge in [-0.3, -0.25) is 14.5 Å². The summed E-state index contributed by atoms with van der Waals surface area (Å²) in [4.78, 5) is 30.0. The van der Waals surface area contributed by atoms with Crippen LogP contribution in [0.15, 0.2) is 12.1 Å². The molecule has 0 bridgehead atoms. The summed E-state index contributed by atoms with van der Waals surface area (Å²) in [7, 11) is -3.04. The Hall–Kier alpha value is -1.64. The van der Waals surface area contributed by atoms with Gasteiger partial charge in [0.25, 0.3) is 0 Å². The lowest BCUT2D eigenvalue weighted by Crippen LogP contribution is -2.54. The molecular formula is C26H38ClN3O4S. The molecule has 2 atom stereocenters. The lowest BCUT2D eigenvalue weighted by Gasteiger charge is -2.41. The van der Waals surface area contributed by atoms with Gasteiger partial charge in [0.1, 0.15) is 0 Å². The van der Waals surface area contributed by atoms with Gasteiger partial charge in [-0.2, -0.15) is 0 Å². The fourth-order valence-electron chi connectivity index (χ4n) is 5.92. The first-order valence-corrected chi connectivity index (χ1v) is 15.1. The molecule has 0 spiro atoms. The van der Waals surface area contributed by atoms with Gasteiger partial charge in [-0.1, -0.05) is 24.4 Å². The SMILES string of the molecule is Cc1c(CN2CCN(C(=O)C3CCCC3)C(C)C2)cc(Cl)cc1NC(=O)CC1CCCS(=O)(=O)C1. The number of hydrogen-bond donors (Lipinski definition) is 1. The monoisotopic (exact) mass is 523 g/mol. The number of benzene rings is 1. The maximum atomic E-state index is 12.9. The molecule has 4 rings (SSSR count). The molecule has 2 amide bonds. The first-order valence-electron chi connectivity index (χ1n) is 12.9. The lowest BCUT2D eigenvalue weighted by molar-refractivity contribution is -0.140. The minimum Gasteiger partial charge on any atom is -0.337 e. The van der Waals surface area contributed by atoms with Crippen LogP contribution in [0.5, 0.6) is 0 Å². The molecule has 35 heavy (non-hydrogen) atoms. The van der Waals surface area contributed by atoms with Gasteiger partial charge in [0, 0.05) is 55.3 Å². The van der Waals surface area contributed by atoms with Crippen molar-refractivity contribution in [1.29, 1.82) is 0 Å². The molecule has 2 unspecified atom stereocenters. The van der Waals surface area contributed by atoms with Crippen LogP contribution in [0.4, 0.5) is 5.69 Å². The zero-order valence-corrected chi connectivity index (χ0v) is 22.5. The number of piperazine rings is 1. The summed E-state index contributed by atoms with van der Waals surface area (Å²) in [6.07, 6.45) is 5.97. The Bertz CT molecular complexity index is 1050. The van der Waals surface area contributed by atoms with Crippen molar-refractivity contribution < 1.29 is 18.0 Å². The molecule has 2 aliphatic heterocycles. The fourth-order valence-corrected chi connectivity index (χ4v) is 7.94. The van der Waals surface area contributed by atoms with Crippen molar-refractivity contribution in [3.05, 3.63) is 28.3 Å². The average molecular weight is 524 g/mol. The van der Waals surface area contributed by atoms with Gasteiger partial charge in [-0.25, -0.2) is 8.42 Å². The molecule has 2 heterocycles. The summed E-state index contributed by atoms with van der Waals surface area (Å²) in [5.74, 6) is 0.550. The topological polar surface area (TPSA) is 86.8 Å². The molecule has 9 heteroatoms. The van der Waals surface area contributed by atoms with E-state index in [1.54, 1.807) is 6.07 Å². The number of carbonyl (C=O) groups excluding carboxylic acids is 2. The molecular weight excluding hydrogens is 486 g/mol. The number of hydrogen-bond acceptors (Lipinski definition) is 5. The highest BCUT2D eigenvalue weighted by molar-refractivity contribution is 7.91. The molecule has 1 saturated carbocycles. The van der Waals surface area contributed by atoms with E-state index >= 15 is 0 Å². The first-order chi connectivity index (χ1) is 16.6. The van der Waals surface area contributed by atoms with Crippen molar-refractivity contribution >= 4 is 38.9 Å². The van der Waals surface area contributed by atoms with E-state index in [2.05, 4.69) is 22.0 Å². The van der Waals surface area contributed by atoms with Gasteiger partial charge in [-0.05, 0) is 68.7 Å². The number of carbonyl (C=O) groups is 2. The maximum Gasteiger partial charge on any atom is 0.226 e. The Balaban J connectivity index is 1.36. The van der Waals surface area contributed by atoms with E-state index in [1.807, 2.05) is 13.0 Å². The Morgan fingerprint density at radius 1 is 1.11 bits per heavy atom. The van der Waals surface area contributed by atoms with Crippen LogP contribution in [0.1, 0.15) is 63.0 Å². The summed E-state index contributed by atoms with van der Waals surface area (Å²) in [5.41, 5.74) is 2.70. The van der Waals surface area contributed by atoms with E-state index in [4.69, 9.17) is 11.6 Å². The van der Waals surface area contributed by atoms with Crippen molar-refractivity contribution in [2.45, 2.75) is 71.4 Å². The summed E-state index contributed by atoms with van der Waals surface area (Å²) in [6.45, 7) is 7.17. The molecule has 3 aliphatic rings. The second-order valence-electron chi connectivity index (χ2n) is 10.7. The van der Waals surface area contributed by atoms with Gasteiger partial charge in [0.15, 0.2) is 9.84 Å². The van der Waals surface area contributed by atoms with Crippen LogP contribution < -0.4 is 5.32 Å². The van der Waals surface area contributed by atoms with E-state index in [0.717, 1.165) is 62.9 Å². The molecule has 1 aromatic carbocycles. The van der Waals surface area contributed by atoms with E-state index in [1.165, 1.54) is 0 Å². The summed E-state index contributed by atoms with van der Waals surface area (Å²) in [6, 6.07) is 3.87. The van der Waals surface area contributed by atoms with E-state index in [9.17, 15) is 18.0 Å². The minimum atomic E-state index is -3.04. The van der Waals surface area contributed by atoms with Crippen molar-refractivity contribution in [1.82, 2.24) is 9.80 Å². The number of nitrogens with zero attached hydrogens (tertiary/aromatic N) is 2. The molecule has 0 aromatic heterocycles. The predicted octanol–water partition coefficient (Wildman–Crippen LogP) is 4.02. The van der Waals surface area contributed by atoms with Crippen LogP contribution in [0, 0.1) is 18.8 Å². The molecule has 194 valence electrons. The molecule has 7 nitrogen and oxygen atoms in total. The maximum absolute atomic E-state index is 12.9. The minimum absolute atomic E-state index is 0.0909. The van der Waals surface area contributed by atoms with Crippen LogP contribution in [-0.2, 0) is 26.0 Å². The summed E-state index contributed by atoms with van der Waals surface area (Å²) < 4.78 is 23.8.